The number of benzene rings is 4. The minimum absolute atomic E-state index is 0.254. The Morgan fingerprint density at radius 3 is 1.38 bits per heavy atom. The van der Waals surface area contributed by atoms with Crippen LogP contribution in [0.3, 0.4) is 0 Å². The fourth-order valence-electron chi connectivity index (χ4n) is 3.14. The lowest BCUT2D eigenvalue weighted by atomic mass is 10.1. The SMILES string of the molecule is Oc1ccc2cc(OCCOCCOc3ccc4cc(O)ccc4c3)ccc2c1. The third-order valence-electron chi connectivity index (χ3n) is 4.58. The van der Waals surface area contributed by atoms with E-state index in [2.05, 4.69) is 0 Å². The lowest BCUT2D eigenvalue weighted by molar-refractivity contribution is 0.0765. The summed E-state index contributed by atoms with van der Waals surface area (Å²) < 4.78 is 17.0. The molecular weight excluding hydrogens is 368 g/mol. The van der Waals surface area contributed by atoms with Crippen LogP contribution >= 0.6 is 0 Å². The Hall–Kier alpha value is -3.44. The second-order valence-corrected chi connectivity index (χ2v) is 6.70. The van der Waals surface area contributed by atoms with Crippen LogP contribution in [0.2, 0.25) is 0 Å². The third-order valence-corrected chi connectivity index (χ3v) is 4.58. The summed E-state index contributed by atoms with van der Waals surface area (Å²) in [5.74, 6) is 2.05. The maximum atomic E-state index is 9.51. The maximum Gasteiger partial charge on any atom is 0.120 e. The summed E-state index contributed by atoms with van der Waals surface area (Å²) >= 11 is 0. The highest BCUT2D eigenvalue weighted by Gasteiger charge is 2.01. The van der Waals surface area contributed by atoms with E-state index in [1.807, 2.05) is 48.5 Å². The molecule has 5 nitrogen and oxygen atoms in total. The molecule has 0 aliphatic carbocycles. The van der Waals surface area contributed by atoms with Gasteiger partial charge < -0.3 is 24.4 Å². The van der Waals surface area contributed by atoms with Gasteiger partial charge in [-0.1, -0.05) is 24.3 Å². The van der Waals surface area contributed by atoms with Crippen molar-refractivity contribution in [2.24, 2.45) is 0 Å². The molecule has 0 spiro atoms. The predicted molar refractivity (Wildman–Crippen MR) is 113 cm³/mol. The summed E-state index contributed by atoms with van der Waals surface area (Å²) in [6.45, 7) is 1.83. The van der Waals surface area contributed by atoms with E-state index in [-0.39, 0.29) is 11.5 Å². The lowest BCUT2D eigenvalue weighted by Gasteiger charge is -2.10. The average molecular weight is 390 g/mol. The highest BCUT2D eigenvalue weighted by Crippen LogP contribution is 2.25. The van der Waals surface area contributed by atoms with Crippen LogP contribution in [0, 0.1) is 0 Å². The van der Waals surface area contributed by atoms with E-state index in [1.165, 1.54) is 0 Å². The molecule has 0 atom stereocenters. The van der Waals surface area contributed by atoms with E-state index < -0.39 is 0 Å². The summed E-state index contributed by atoms with van der Waals surface area (Å²) in [6, 6.07) is 22.0. The first-order valence-corrected chi connectivity index (χ1v) is 9.46. The fraction of sp³-hybridized carbons (Fsp3) is 0.167. The summed E-state index contributed by atoms with van der Waals surface area (Å²) in [5.41, 5.74) is 0. The molecule has 0 radical (unpaired) electrons. The van der Waals surface area contributed by atoms with Gasteiger partial charge in [0.1, 0.15) is 36.2 Å². The monoisotopic (exact) mass is 390 g/mol. The molecule has 0 amide bonds. The van der Waals surface area contributed by atoms with Gasteiger partial charge in [0.25, 0.3) is 0 Å². The first-order chi connectivity index (χ1) is 14.2. The molecule has 0 saturated heterocycles. The number of hydrogen-bond acceptors (Lipinski definition) is 5. The zero-order valence-corrected chi connectivity index (χ0v) is 15.9. The second-order valence-electron chi connectivity index (χ2n) is 6.70. The Labute approximate surface area is 168 Å². The number of phenolic OH excluding ortho intramolecular Hbond substituents is 2. The highest BCUT2D eigenvalue weighted by atomic mass is 16.5. The number of rotatable bonds is 8. The zero-order valence-electron chi connectivity index (χ0n) is 15.9. The van der Waals surface area contributed by atoms with Gasteiger partial charge in [-0.25, -0.2) is 0 Å². The standard InChI is InChI=1S/C24H22O5/c25-21-5-1-19-15-23(7-3-17(19)13-21)28-11-9-27-10-12-29-24-8-4-18-14-22(26)6-2-20(18)16-24/h1-8,13-16,25-26H,9-12H2. The van der Waals surface area contributed by atoms with Gasteiger partial charge in [0.15, 0.2) is 0 Å². The Morgan fingerprint density at radius 1 is 0.483 bits per heavy atom. The molecule has 148 valence electrons. The van der Waals surface area contributed by atoms with E-state index in [9.17, 15) is 10.2 Å². The van der Waals surface area contributed by atoms with Gasteiger partial charge in [0.2, 0.25) is 0 Å². The first kappa shape index (κ1) is 18.9. The van der Waals surface area contributed by atoms with Crippen LogP contribution in [0.4, 0.5) is 0 Å². The largest absolute Gasteiger partial charge is 0.508 e. The zero-order chi connectivity index (χ0) is 20.1. The molecule has 0 saturated carbocycles. The smallest absolute Gasteiger partial charge is 0.120 e. The van der Waals surface area contributed by atoms with Gasteiger partial charge in [-0.15, -0.1) is 0 Å². The van der Waals surface area contributed by atoms with E-state index in [0.717, 1.165) is 33.0 Å². The van der Waals surface area contributed by atoms with Gasteiger partial charge >= 0.3 is 0 Å². The number of hydrogen-bond donors (Lipinski definition) is 2. The summed E-state index contributed by atoms with van der Waals surface area (Å²) in [5, 5.41) is 23.0. The molecule has 0 heterocycles. The van der Waals surface area contributed by atoms with Gasteiger partial charge in [0, 0.05) is 0 Å². The second kappa shape index (κ2) is 8.71. The predicted octanol–water partition coefficient (Wildman–Crippen LogP) is 4.88. The van der Waals surface area contributed by atoms with Crippen LogP contribution in [-0.2, 0) is 4.74 Å². The summed E-state index contributed by atoms with van der Waals surface area (Å²) in [7, 11) is 0. The van der Waals surface area contributed by atoms with Crippen molar-refractivity contribution in [2.75, 3.05) is 26.4 Å². The van der Waals surface area contributed by atoms with Crippen LogP contribution in [-0.4, -0.2) is 36.6 Å². The van der Waals surface area contributed by atoms with E-state index in [1.54, 1.807) is 24.3 Å². The molecule has 4 aromatic carbocycles. The van der Waals surface area contributed by atoms with Crippen LogP contribution in [0.1, 0.15) is 0 Å². The van der Waals surface area contributed by atoms with Crippen LogP contribution in [0.15, 0.2) is 72.8 Å². The molecule has 0 aliphatic heterocycles. The number of ether oxygens (including phenoxy) is 3. The summed E-state index contributed by atoms with van der Waals surface area (Å²) in [6.07, 6.45) is 0. The van der Waals surface area contributed by atoms with Crippen molar-refractivity contribution in [1.82, 2.24) is 0 Å². The van der Waals surface area contributed by atoms with Crippen molar-refractivity contribution in [1.29, 1.82) is 0 Å². The molecule has 4 aromatic rings. The molecular formula is C24H22O5. The topological polar surface area (TPSA) is 68.2 Å². The normalized spacial score (nSPS) is 11.0. The van der Waals surface area contributed by atoms with Crippen molar-refractivity contribution in [3.05, 3.63) is 72.8 Å². The Bertz CT molecular complexity index is 1030. The van der Waals surface area contributed by atoms with Crippen LogP contribution in [0.25, 0.3) is 21.5 Å². The molecule has 0 fully saturated rings. The quantitative estimate of drug-likeness (QED) is 0.420. The Morgan fingerprint density at radius 2 is 0.897 bits per heavy atom. The fourth-order valence-corrected chi connectivity index (χ4v) is 3.14. The number of aromatic hydroxyl groups is 2. The van der Waals surface area contributed by atoms with E-state index in [0.29, 0.717) is 26.4 Å². The van der Waals surface area contributed by atoms with Gasteiger partial charge in [-0.05, 0) is 70.1 Å². The molecule has 4 rings (SSSR count). The van der Waals surface area contributed by atoms with E-state index in [4.69, 9.17) is 14.2 Å². The highest BCUT2D eigenvalue weighted by molar-refractivity contribution is 5.85. The summed E-state index contributed by atoms with van der Waals surface area (Å²) in [4.78, 5) is 0. The molecule has 2 N–H and O–H groups in total. The molecule has 29 heavy (non-hydrogen) atoms. The minimum Gasteiger partial charge on any atom is -0.508 e. The van der Waals surface area contributed by atoms with Crippen molar-refractivity contribution in [3.8, 4) is 23.0 Å². The number of phenols is 2. The minimum atomic E-state index is 0.254. The molecule has 0 unspecified atom stereocenters. The third kappa shape index (κ3) is 4.89. The van der Waals surface area contributed by atoms with Gasteiger partial charge in [-0.3, -0.25) is 0 Å². The van der Waals surface area contributed by atoms with Crippen molar-refractivity contribution < 1.29 is 24.4 Å². The molecule has 0 aromatic heterocycles. The van der Waals surface area contributed by atoms with Crippen molar-refractivity contribution >= 4 is 21.5 Å². The molecule has 0 aliphatic rings. The average Bonchev–Trinajstić information content (AvgIpc) is 2.73. The van der Waals surface area contributed by atoms with Gasteiger partial charge in [0.05, 0.1) is 13.2 Å². The van der Waals surface area contributed by atoms with Crippen molar-refractivity contribution in [3.63, 3.8) is 0 Å². The van der Waals surface area contributed by atoms with Crippen LogP contribution < -0.4 is 9.47 Å². The van der Waals surface area contributed by atoms with E-state index >= 15 is 0 Å². The first-order valence-electron chi connectivity index (χ1n) is 9.46. The van der Waals surface area contributed by atoms with Gasteiger partial charge in [-0.2, -0.15) is 0 Å². The molecule has 0 bridgehead atoms. The van der Waals surface area contributed by atoms with Crippen molar-refractivity contribution in [2.45, 2.75) is 0 Å². The Balaban J connectivity index is 1.17. The number of fused-ring (bicyclic) bond motifs is 2. The van der Waals surface area contributed by atoms with Crippen LogP contribution in [0.5, 0.6) is 23.0 Å². The Kier molecular flexibility index (Phi) is 5.68. The molecule has 5 heteroatoms. The maximum absolute atomic E-state index is 9.51. The lowest BCUT2D eigenvalue weighted by Crippen LogP contribution is -2.12.